The molecule has 1 aromatic rings. The molecule has 1 N–H and O–H groups in total. The van der Waals surface area contributed by atoms with Crippen molar-refractivity contribution in [3.63, 3.8) is 0 Å². The number of carbonyl (C=O) groups excluding carboxylic acids is 1. The van der Waals surface area contributed by atoms with Crippen molar-refractivity contribution in [2.24, 2.45) is 4.99 Å². The highest BCUT2D eigenvalue weighted by atomic mass is 16.5. The Morgan fingerprint density at radius 2 is 2.05 bits per heavy atom. The first-order valence-corrected chi connectivity index (χ1v) is 7.02. The monoisotopic (exact) mass is 306 g/mol. The lowest BCUT2D eigenvalue weighted by Crippen LogP contribution is -2.33. The van der Waals surface area contributed by atoms with E-state index in [9.17, 15) is 4.79 Å². The molecule has 120 valence electrons. The third kappa shape index (κ3) is 6.41. The van der Waals surface area contributed by atoms with Crippen LogP contribution in [0.5, 0.6) is 5.75 Å². The van der Waals surface area contributed by atoms with Crippen LogP contribution in [-0.4, -0.2) is 45.4 Å². The topological polar surface area (TPSA) is 69.2 Å². The maximum atomic E-state index is 12.1. The summed E-state index contributed by atoms with van der Waals surface area (Å²) < 4.78 is 15.6. The Balaban J connectivity index is 2.62. The van der Waals surface area contributed by atoms with E-state index in [1.54, 1.807) is 37.5 Å². The summed E-state index contributed by atoms with van der Waals surface area (Å²) in [6, 6.07) is 6.91. The van der Waals surface area contributed by atoms with Gasteiger partial charge in [0.2, 0.25) is 0 Å². The molecule has 0 fully saturated rings. The number of methoxy groups -OCH3 is 1. The summed E-state index contributed by atoms with van der Waals surface area (Å²) in [4.78, 5) is 16.2. The Morgan fingerprint density at radius 3 is 2.64 bits per heavy atom. The molecule has 0 radical (unpaired) electrons. The maximum Gasteiger partial charge on any atom is 0.292 e. The van der Waals surface area contributed by atoms with Crippen molar-refractivity contribution in [2.45, 2.75) is 6.92 Å². The van der Waals surface area contributed by atoms with Gasteiger partial charge >= 0.3 is 0 Å². The normalized spacial score (nSPS) is 10.9. The van der Waals surface area contributed by atoms with E-state index >= 15 is 0 Å². The van der Waals surface area contributed by atoms with Gasteiger partial charge in [-0.1, -0.05) is 6.08 Å². The Morgan fingerprint density at radius 1 is 1.32 bits per heavy atom. The highest BCUT2D eigenvalue weighted by molar-refractivity contribution is 6.04. The molecule has 22 heavy (non-hydrogen) atoms. The smallest absolute Gasteiger partial charge is 0.292 e. The summed E-state index contributed by atoms with van der Waals surface area (Å²) in [5, 5.41) is 2.63. The molecule has 1 aromatic carbocycles. The van der Waals surface area contributed by atoms with Gasteiger partial charge in [-0.15, -0.1) is 6.58 Å². The molecule has 6 heteroatoms. The largest absolute Gasteiger partial charge is 0.497 e. The number of nitrogens with zero attached hydrogens (tertiary/aromatic N) is 1. The predicted octanol–water partition coefficient (Wildman–Crippen LogP) is 2.02. The Kier molecular flexibility index (Phi) is 8.37. The van der Waals surface area contributed by atoms with Crippen molar-refractivity contribution in [1.29, 1.82) is 0 Å². The molecular formula is C16H22N2O4. The molecular weight excluding hydrogens is 284 g/mol. The van der Waals surface area contributed by atoms with Crippen molar-refractivity contribution in [1.82, 2.24) is 5.32 Å². The van der Waals surface area contributed by atoms with Gasteiger partial charge < -0.3 is 14.2 Å². The minimum atomic E-state index is -0.304. The van der Waals surface area contributed by atoms with Crippen LogP contribution >= 0.6 is 0 Å². The Bertz CT molecular complexity index is 497. The summed E-state index contributed by atoms with van der Waals surface area (Å²) in [5.74, 6) is 0.381. The number of carbonyl (C=O) groups is 1. The Labute approximate surface area is 130 Å². The van der Waals surface area contributed by atoms with E-state index in [-0.39, 0.29) is 11.9 Å². The number of hydrogen-bond acceptors (Lipinski definition) is 5. The van der Waals surface area contributed by atoms with Gasteiger partial charge in [0.25, 0.3) is 11.9 Å². The fourth-order valence-electron chi connectivity index (χ4n) is 1.52. The third-order valence-electron chi connectivity index (χ3n) is 2.61. The number of hydrogen-bond donors (Lipinski definition) is 1. The average Bonchev–Trinajstić information content (AvgIpc) is 2.56. The number of ether oxygens (including phenoxy) is 3. The number of amides is 1. The number of nitrogens with one attached hydrogen (secondary N) is 1. The molecule has 0 saturated carbocycles. The molecule has 1 rings (SSSR count). The van der Waals surface area contributed by atoms with Crippen molar-refractivity contribution in [2.75, 3.05) is 33.5 Å². The molecule has 0 atom stereocenters. The second-order valence-electron chi connectivity index (χ2n) is 4.16. The number of rotatable bonds is 8. The van der Waals surface area contributed by atoms with Crippen molar-refractivity contribution >= 4 is 11.9 Å². The molecule has 1 amide bonds. The van der Waals surface area contributed by atoms with Crippen LogP contribution < -0.4 is 10.1 Å². The minimum absolute atomic E-state index is 0.153. The van der Waals surface area contributed by atoms with Crippen LogP contribution in [0.4, 0.5) is 0 Å². The van der Waals surface area contributed by atoms with E-state index in [2.05, 4.69) is 16.9 Å². The van der Waals surface area contributed by atoms with Crippen LogP contribution in [0, 0.1) is 0 Å². The highest BCUT2D eigenvalue weighted by Crippen LogP contribution is 2.11. The summed E-state index contributed by atoms with van der Waals surface area (Å²) in [7, 11) is 1.57. The number of benzene rings is 1. The zero-order valence-electron chi connectivity index (χ0n) is 13.0. The first-order valence-electron chi connectivity index (χ1n) is 7.02. The summed E-state index contributed by atoms with van der Waals surface area (Å²) in [5.41, 5.74) is 0.487. The zero-order chi connectivity index (χ0) is 16.2. The molecule has 0 aliphatic rings. The van der Waals surface area contributed by atoms with Gasteiger partial charge in [0.05, 0.1) is 20.3 Å². The highest BCUT2D eigenvalue weighted by Gasteiger charge is 2.10. The van der Waals surface area contributed by atoms with Crippen LogP contribution in [-0.2, 0) is 9.47 Å². The van der Waals surface area contributed by atoms with Crippen LogP contribution in [0.15, 0.2) is 41.9 Å². The first kappa shape index (κ1) is 17.7. The SMILES string of the molecule is C=CCN=C(NC(=O)c1ccc(OC)cc1)OCCOCC. The number of amidine groups is 1. The first-order chi connectivity index (χ1) is 10.7. The molecule has 6 nitrogen and oxygen atoms in total. The fraction of sp³-hybridized carbons (Fsp3) is 0.375. The Hall–Kier alpha value is -2.34. The van der Waals surface area contributed by atoms with Gasteiger partial charge in [0, 0.05) is 12.2 Å². The third-order valence-corrected chi connectivity index (χ3v) is 2.61. The molecule has 0 spiro atoms. The lowest BCUT2D eigenvalue weighted by atomic mass is 10.2. The predicted molar refractivity (Wildman–Crippen MR) is 85.4 cm³/mol. The molecule has 0 aromatic heterocycles. The van der Waals surface area contributed by atoms with E-state index in [4.69, 9.17) is 14.2 Å². The lowest BCUT2D eigenvalue weighted by molar-refractivity contribution is 0.0922. The fourth-order valence-corrected chi connectivity index (χ4v) is 1.52. The molecule has 0 saturated heterocycles. The van der Waals surface area contributed by atoms with Crippen molar-refractivity contribution < 1.29 is 19.0 Å². The number of aliphatic imine (C=N–C) groups is 1. The van der Waals surface area contributed by atoms with Crippen LogP contribution in [0.3, 0.4) is 0 Å². The second-order valence-corrected chi connectivity index (χ2v) is 4.16. The van der Waals surface area contributed by atoms with Gasteiger partial charge in [0.15, 0.2) is 0 Å². The van der Waals surface area contributed by atoms with E-state index in [0.29, 0.717) is 37.7 Å². The van der Waals surface area contributed by atoms with E-state index in [0.717, 1.165) is 0 Å². The molecule has 0 bridgehead atoms. The second kappa shape index (κ2) is 10.4. The van der Waals surface area contributed by atoms with Gasteiger partial charge in [-0.2, -0.15) is 0 Å². The van der Waals surface area contributed by atoms with E-state index in [1.807, 2.05) is 6.92 Å². The van der Waals surface area contributed by atoms with E-state index in [1.165, 1.54) is 0 Å². The van der Waals surface area contributed by atoms with Gasteiger partial charge in [-0.05, 0) is 31.2 Å². The lowest BCUT2D eigenvalue weighted by Gasteiger charge is -2.11. The molecule has 0 aliphatic carbocycles. The summed E-state index contributed by atoms with van der Waals surface area (Å²) in [6.45, 7) is 7.20. The van der Waals surface area contributed by atoms with Gasteiger partial charge in [-0.25, -0.2) is 4.99 Å². The zero-order valence-corrected chi connectivity index (χ0v) is 13.0. The average molecular weight is 306 g/mol. The molecule has 0 unspecified atom stereocenters. The minimum Gasteiger partial charge on any atom is -0.497 e. The van der Waals surface area contributed by atoms with Gasteiger partial charge in [0.1, 0.15) is 12.4 Å². The van der Waals surface area contributed by atoms with Crippen LogP contribution in [0.1, 0.15) is 17.3 Å². The standard InChI is InChI=1S/C16H22N2O4/c1-4-10-17-16(22-12-11-21-5-2)18-15(19)13-6-8-14(20-3)9-7-13/h4,6-9H,1,5,10-12H2,2-3H3,(H,17,18,19). The maximum absolute atomic E-state index is 12.1. The quantitative estimate of drug-likeness (QED) is 0.345. The van der Waals surface area contributed by atoms with Gasteiger partial charge in [-0.3, -0.25) is 10.1 Å². The van der Waals surface area contributed by atoms with Crippen molar-refractivity contribution in [3.05, 3.63) is 42.5 Å². The van der Waals surface area contributed by atoms with Crippen molar-refractivity contribution in [3.8, 4) is 5.75 Å². The van der Waals surface area contributed by atoms with Crippen LogP contribution in [0.2, 0.25) is 0 Å². The van der Waals surface area contributed by atoms with Crippen LogP contribution in [0.25, 0.3) is 0 Å². The summed E-state index contributed by atoms with van der Waals surface area (Å²) in [6.07, 6.45) is 1.62. The summed E-state index contributed by atoms with van der Waals surface area (Å²) >= 11 is 0. The molecule has 0 aliphatic heterocycles. The van der Waals surface area contributed by atoms with E-state index < -0.39 is 0 Å². The molecule has 0 heterocycles.